The van der Waals surface area contributed by atoms with Crippen LogP contribution in [-0.2, 0) is 26.0 Å². The minimum Gasteiger partial charge on any atom is -0.497 e. The highest BCUT2D eigenvalue weighted by molar-refractivity contribution is 6.07. The molecule has 0 aliphatic rings. The first-order valence-corrected chi connectivity index (χ1v) is 18.9. The van der Waals surface area contributed by atoms with E-state index in [1.54, 1.807) is 49.4 Å². The van der Waals surface area contributed by atoms with E-state index in [-0.39, 0.29) is 0 Å². The van der Waals surface area contributed by atoms with Crippen LogP contribution in [0.3, 0.4) is 0 Å². The van der Waals surface area contributed by atoms with Crippen LogP contribution in [0.15, 0.2) is 97.2 Å². The average molecular weight is 785 g/mol. The zero-order valence-corrected chi connectivity index (χ0v) is 33.4. The summed E-state index contributed by atoms with van der Waals surface area (Å²) in [5.41, 5.74) is 3.39. The van der Waals surface area contributed by atoms with Crippen LogP contribution in [0.2, 0.25) is 0 Å². The highest BCUT2D eigenvalue weighted by Crippen LogP contribution is 2.35. The monoisotopic (exact) mass is 784 g/mol. The van der Waals surface area contributed by atoms with Crippen molar-refractivity contribution in [1.29, 1.82) is 0 Å². The Morgan fingerprint density at radius 1 is 0.828 bits per heavy atom. The Morgan fingerprint density at radius 3 is 2.29 bits per heavy atom. The van der Waals surface area contributed by atoms with Gasteiger partial charge in [-0.3, -0.25) is 5.32 Å². The summed E-state index contributed by atoms with van der Waals surface area (Å²) in [7, 11) is 3.25. The number of carbonyl (C=O) groups excluding carboxylic acids is 1. The summed E-state index contributed by atoms with van der Waals surface area (Å²) < 4.78 is 35.5. The third kappa shape index (κ3) is 10.9. The lowest BCUT2D eigenvalue weighted by atomic mass is 9.91. The van der Waals surface area contributed by atoms with Crippen molar-refractivity contribution in [2.24, 2.45) is 0 Å². The molecule has 0 atom stereocenters. The van der Waals surface area contributed by atoms with Gasteiger partial charge in [0.25, 0.3) is 0 Å². The largest absolute Gasteiger partial charge is 0.497 e. The molecule has 6 aromatic rings. The van der Waals surface area contributed by atoms with Crippen LogP contribution >= 0.6 is 0 Å². The minimum absolute atomic E-state index is 0.365. The van der Waals surface area contributed by atoms with Gasteiger partial charge in [-0.05, 0) is 62.7 Å². The number of terminal acetylenes is 1. The fourth-order valence-corrected chi connectivity index (χ4v) is 5.91. The van der Waals surface area contributed by atoms with Crippen molar-refractivity contribution in [3.05, 3.63) is 120 Å². The number of carbonyl (C=O) groups is 1. The fourth-order valence-electron chi connectivity index (χ4n) is 5.91. The number of hydrogen-bond acceptors (Lipinski definition) is 10. The highest BCUT2D eigenvalue weighted by Gasteiger charge is 2.24. The summed E-state index contributed by atoms with van der Waals surface area (Å²) in [5, 5.41) is 12.3. The van der Waals surface area contributed by atoms with Crippen molar-refractivity contribution in [2.45, 2.75) is 32.6 Å². The Balaban J connectivity index is 1.12. The van der Waals surface area contributed by atoms with Gasteiger partial charge in [0.2, 0.25) is 5.88 Å². The van der Waals surface area contributed by atoms with Crippen LogP contribution < -0.4 is 24.8 Å². The second kappa shape index (κ2) is 19.6. The maximum atomic E-state index is 13.6. The molecule has 4 aromatic carbocycles. The Hall–Kier alpha value is -6.46. The summed E-state index contributed by atoms with van der Waals surface area (Å²) in [6.45, 7) is 8.66. The van der Waals surface area contributed by atoms with Crippen molar-refractivity contribution in [3.8, 4) is 41.2 Å². The van der Waals surface area contributed by atoms with Gasteiger partial charge in [-0.2, -0.15) is 10.1 Å². The Morgan fingerprint density at radius 2 is 1.55 bits per heavy atom. The predicted octanol–water partition coefficient (Wildman–Crippen LogP) is 8.13. The Labute approximate surface area is 338 Å². The van der Waals surface area contributed by atoms with Gasteiger partial charge in [0.1, 0.15) is 35.5 Å². The molecule has 0 saturated heterocycles. The van der Waals surface area contributed by atoms with E-state index in [4.69, 9.17) is 44.9 Å². The van der Waals surface area contributed by atoms with Crippen LogP contribution in [0.1, 0.15) is 36.5 Å². The van der Waals surface area contributed by atoms with Crippen molar-refractivity contribution in [3.63, 3.8) is 0 Å². The van der Waals surface area contributed by atoms with Crippen LogP contribution in [0.5, 0.6) is 23.1 Å². The molecule has 0 aliphatic carbocycles. The number of methoxy groups -OCH3 is 2. The molecule has 0 spiro atoms. The molecule has 58 heavy (non-hydrogen) atoms. The maximum Gasteiger partial charge on any atom is 0.324 e. The normalized spacial score (nSPS) is 11.2. The van der Waals surface area contributed by atoms with Crippen LogP contribution in [0.25, 0.3) is 16.5 Å². The van der Waals surface area contributed by atoms with Gasteiger partial charge in [-0.25, -0.2) is 14.5 Å². The molecule has 0 saturated carbocycles. The Bertz CT molecular complexity index is 2350. The van der Waals surface area contributed by atoms with Gasteiger partial charge >= 0.3 is 6.03 Å². The number of aryl methyl sites for hydroxylation is 1. The van der Waals surface area contributed by atoms with Gasteiger partial charge in [-0.15, -0.1) is 6.42 Å². The van der Waals surface area contributed by atoms with Crippen molar-refractivity contribution in [2.75, 3.05) is 64.5 Å². The van der Waals surface area contributed by atoms with Crippen molar-refractivity contribution >= 4 is 28.3 Å². The van der Waals surface area contributed by atoms with Crippen molar-refractivity contribution < 1.29 is 33.2 Å². The standard InChI is InChI=1S/C45H48N6O7/c1-7-45(3,4)40-30-42(51(50-40)33-14-12-31(2)13-15-33)49-44(52)47-38-16-17-39(37-11-9-8-10-36(37)38)58-43-18-19-46-41(48-43)28-32-26-34(54-6)29-35(27-32)57-25-24-56-23-22-55-21-20-53-5/h1,8-19,26-27,29-30H,20-25,28H2,2-6H3,(H2,47,49,52). The number of nitrogens with zero attached hydrogens (tertiary/aromatic N) is 4. The second-order valence-corrected chi connectivity index (χ2v) is 13.8. The van der Waals surface area contributed by atoms with E-state index in [1.807, 2.05) is 87.5 Å². The molecule has 13 nitrogen and oxygen atoms in total. The number of ether oxygens (including phenoxy) is 6. The molecule has 2 aromatic heterocycles. The van der Waals surface area contributed by atoms with Crippen LogP contribution in [-0.4, -0.2) is 79.6 Å². The second-order valence-electron chi connectivity index (χ2n) is 13.8. The number of aromatic nitrogens is 4. The molecule has 2 heterocycles. The summed E-state index contributed by atoms with van der Waals surface area (Å²) in [6, 6.07) is 27.8. The number of rotatable bonds is 19. The van der Waals surface area contributed by atoms with Gasteiger partial charge in [0.15, 0.2) is 0 Å². The molecule has 2 amide bonds. The molecule has 0 radical (unpaired) electrons. The lowest BCUT2D eigenvalue weighted by Crippen LogP contribution is -2.21. The molecule has 0 unspecified atom stereocenters. The highest BCUT2D eigenvalue weighted by atomic mass is 16.6. The smallest absolute Gasteiger partial charge is 0.324 e. The first-order valence-electron chi connectivity index (χ1n) is 18.9. The van der Waals surface area contributed by atoms with E-state index >= 15 is 0 Å². The van der Waals surface area contributed by atoms with Gasteiger partial charge in [0.05, 0.1) is 62.6 Å². The quantitative estimate of drug-likeness (QED) is 0.0611. The summed E-state index contributed by atoms with van der Waals surface area (Å²) in [6.07, 6.45) is 7.89. The van der Waals surface area contributed by atoms with Gasteiger partial charge in [-0.1, -0.05) is 47.9 Å². The van der Waals surface area contributed by atoms with Crippen LogP contribution in [0, 0.1) is 19.3 Å². The predicted molar refractivity (Wildman–Crippen MR) is 224 cm³/mol. The maximum absolute atomic E-state index is 13.6. The lowest BCUT2D eigenvalue weighted by Gasteiger charge is -2.14. The number of anilines is 2. The molecular weight excluding hydrogens is 737 g/mol. The third-order valence-corrected chi connectivity index (χ3v) is 9.10. The summed E-state index contributed by atoms with van der Waals surface area (Å²) >= 11 is 0. The molecule has 0 aliphatic heterocycles. The number of urea groups is 1. The fraction of sp³-hybridized carbons (Fsp3) is 0.289. The average Bonchev–Trinajstić information content (AvgIpc) is 3.65. The molecule has 0 bridgehead atoms. The van der Waals surface area contributed by atoms with E-state index in [0.717, 1.165) is 27.6 Å². The van der Waals surface area contributed by atoms with E-state index in [0.29, 0.717) is 92.2 Å². The zero-order valence-electron chi connectivity index (χ0n) is 33.4. The van der Waals surface area contributed by atoms with Gasteiger partial charge in [0, 0.05) is 48.7 Å². The van der Waals surface area contributed by atoms with Crippen molar-refractivity contribution in [1.82, 2.24) is 19.7 Å². The van der Waals surface area contributed by atoms with Crippen LogP contribution in [0.4, 0.5) is 16.3 Å². The lowest BCUT2D eigenvalue weighted by molar-refractivity contribution is 0.0179. The summed E-state index contributed by atoms with van der Waals surface area (Å²) in [4.78, 5) is 22.8. The number of fused-ring (bicyclic) bond motifs is 1. The number of hydrogen-bond donors (Lipinski definition) is 2. The first kappa shape index (κ1) is 41.2. The topological polar surface area (TPSA) is 140 Å². The number of benzene rings is 4. The Kier molecular flexibility index (Phi) is 13.9. The van der Waals surface area contributed by atoms with Gasteiger partial charge < -0.3 is 33.7 Å². The molecule has 300 valence electrons. The minimum atomic E-state index is -0.649. The summed E-state index contributed by atoms with van der Waals surface area (Å²) in [5.74, 6) is 6.03. The number of amides is 2. The van der Waals surface area contributed by atoms with E-state index in [1.165, 1.54) is 0 Å². The molecule has 13 heteroatoms. The molecule has 2 N–H and O–H groups in total. The molecule has 6 rings (SSSR count). The SMILES string of the molecule is C#CC(C)(C)c1cc(NC(=O)Nc2ccc(Oc3ccnc(Cc4cc(OC)cc(OCCOCCOCCOC)c4)n3)c3ccccc23)n(-c2ccc(C)cc2)n1. The van der Waals surface area contributed by atoms with E-state index in [2.05, 4.69) is 21.5 Å². The zero-order chi connectivity index (χ0) is 40.9. The molecular formula is C45H48N6O7. The third-order valence-electron chi connectivity index (χ3n) is 9.10. The number of nitrogens with one attached hydrogen (secondary N) is 2. The van der Waals surface area contributed by atoms with E-state index in [9.17, 15) is 4.79 Å². The first-order chi connectivity index (χ1) is 28.1. The van der Waals surface area contributed by atoms with E-state index < -0.39 is 11.4 Å². The molecule has 0 fully saturated rings.